The summed E-state index contributed by atoms with van der Waals surface area (Å²) >= 11 is 0. The van der Waals surface area contributed by atoms with Crippen LogP contribution >= 0.6 is 0 Å². The summed E-state index contributed by atoms with van der Waals surface area (Å²) in [5, 5.41) is 17.7. The molecule has 16 heavy (non-hydrogen) atoms. The van der Waals surface area contributed by atoms with E-state index >= 15 is 0 Å². The van der Waals surface area contributed by atoms with Crippen molar-refractivity contribution in [3.05, 3.63) is 23.8 Å². The Morgan fingerprint density at radius 3 is 2.75 bits per heavy atom. The molecule has 2 aromatic rings. The van der Waals surface area contributed by atoms with Gasteiger partial charge < -0.3 is 5.11 Å². The maximum absolute atomic E-state index is 9.41. The van der Waals surface area contributed by atoms with Gasteiger partial charge in [-0.2, -0.15) is 0 Å². The summed E-state index contributed by atoms with van der Waals surface area (Å²) in [6.45, 7) is 6.28. The third-order valence-corrected chi connectivity index (χ3v) is 2.90. The standard InChI is InChI=1S/C12H17N3O/c1-8(2)12(7-16)15-11-6-9(3)4-5-10(11)13-14-15/h4-6,8,12,16H,7H2,1-3H3. The van der Waals surface area contributed by atoms with Gasteiger partial charge in [0.1, 0.15) is 5.52 Å². The number of fused-ring (bicyclic) bond motifs is 1. The number of aliphatic hydroxyl groups is 1. The maximum Gasteiger partial charge on any atom is 0.113 e. The lowest BCUT2D eigenvalue weighted by atomic mass is 10.1. The van der Waals surface area contributed by atoms with Gasteiger partial charge in [-0.25, -0.2) is 4.68 Å². The van der Waals surface area contributed by atoms with E-state index in [2.05, 4.69) is 30.2 Å². The first-order chi connectivity index (χ1) is 7.63. The summed E-state index contributed by atoms with van der Waals surface area (Å²) in [4.78, 5) is 0. The SMILES string of the molecule is Cc1ccc2nnn(C(CO)C(C)C)c2c1. The number of benzene rings is 1. The minimum absolute atomic E-state index is 0.00759. The first-order valence-corrected chi connectivity index (χ1v) is 5.56. The third kappa shape index (κ3) is 1.80. The van der Waals surface area contributed by atoms with Crippen molar-refractivity contribution in [2.45, 2.75) is 26.8 Å². The van der Waals surface area contributed by atoms with E-state index in [0.29, 0.717) is 5.92 Å². The van der Waals surface area contributed by atoms with Gasteiger partial charge in [0.05, 0.1) is 18.2 Å². The monoisotopic (exact) mass is 219 g/mol. The molecule has 1 aromatic heterocycles. The van der Waals surface area contributed by atoms with Crippen LogP contribution in [0.15, 0.2) is 18.2 Å². The third-order valence-electron chi connectivity index (χ3n) is 2.90. The minimum Gasteiger partial charge on any atom is -0.394 e. The molecule has 1 N–H and O–H groups in total. The highest BCUT2D eigenvalue weighted by Gasteiger charge is 2.18. The van der Waals surface area contributed by atoms with Gasteiger partial charge in [-0.1, -0.05) is 25.1 Å². The van der Waals surface area contributed by atoms with Crippen LogP contribution in [0.4, 0.5) is 0 Å². The summed E-state index contributed by atoms with van der Waals surface area (Å²) < 4.78 is 1.83. The predicted octanol–water partition coefficient (Wildman–Crippen LogP) is 1.93. The number of aliphatic hydroxyl groups excluding tert-OH is 1. The lowest BCUT2D eigenvalue weighted by Crippen LogP contribution is -2.20. The Labute approximate surface area is 94.9 Å². The molecule has 0 aliphatic rings. The van der Waals surface area contributed by atoms with Crippen LogP contribution in [0.1, 0.15) is 25.5 Å². The zero-order valence-electron chi connectivity index (χ0n) is 9.88. The van der Waals surface area contributed by atoms with Crippen molar-refractivity contribution in [2.75, 3.05) is 6.61 Å². The molecule has 0 bridgehead atoms. The number of aryl methyl sites for hydroxylation is 1. The van der Waals surface area contributed by atoms with Crippen LogP contribution in [-0.4, -0.2) is 26.7 Å². The van der Waals surface area contributed by atoms with Crippen LogP contribution in [0.3, 0.4) is 0 Å². The highest BCUT2D eigenvalue weighted by molar-refractivity contribution is 5.75. The smallest absolute Gasteiger partial charge is 0.113 e. The summed E-state index contributed by atoms with van der Waals surface area (Å²) in [6.07, 6.45) is 0. The Hall–Kier alpha value is -1.42. The van der Waals surface area contributed by atoms with Crippen molar-refractivity contribution in [1.82, 2.24) is 15.0 Å². The highest BCUT2D eigenvalue weighted by Crippen LogP contribution is 2.22. The Bertz CT molecular complexity index is 490. The summed E-state index contributed by atoms with van der Waals surface area (Å²) in [5.74, 6) is 0.329. The van der Waals surface area contributed by atoms with E-state index in [0.717, 1.165) is 11.0 Å². The van der Waals surface area contributed by atoms with Crippen LogP contribution < -0.4 is 0 Å². The van der Waals surface area contributed by atoms with E-state index in [9.17, 15) is 5.11 Å². The lowest BCUT2D eigenvalue weighted by Gasteiger charge is -2.18. The molecule has 1 unspecified atom stereocenters. The number of nitrogens with zero attached hydrogens (tertiary/aromatic N) is 3. The summed E-state index contributed by atoms with van der Waals surface area (Å²) in [5.41, 5.74) is 3.05. The Morgan fingerprint density at radius 2 is 2.12 bits per heavy atom. The molecule has 4 nitrogen and oxygen atoms in total. The van der Waals surface area contributed by atoms with Gasteiger partial charge in [-0.05, 0) is 30.5 Å². The van der Waals surface area contributed by atoms with Gasteiger partial charge in [0.2, 0.25) is 0 Å². The van der Waals surface area contributed by atoms with Gasteiger partial charge in [-0.3, -0.25) is 0 Å². The van der Waals surface area contributed by atoms with Crippen LogP contribution in [0, 0.1) is 12.8 Å². The number of hydrogen-bond acceptors (Lipinski definition) is 3. The first kappa shape index (κ1) is 11.1. The van der Waals surface area contributed by atoms with Crippen LogP contribution in [0.2, 0.25) is 0 Å². The molecule has 0 fully saturated rings. The molecule has 0 radical (unpaired) electrons. The van der Waals surface area contributed by atoms with E-state index in [-0.39, 0.29) is 12.6 Å². The molecule has 4 heteroatoms. The molecule has 0 aliphatic heterocycles. The molecular weight excluding hydrogens is 202 g/mol. The van der Waals surface area contributed by atoms with E-state index in [1.807, 2.05) is 23.7 Å². The average Bonchev–Trinajstić information content (AvgIpc) is 2.62. The second kappa shape index (κ2) is 4.22. The van der Waals surface area contributed by atoms with Crippen molar-refractivity contribution < 1.29 is 5.11 Å². The quantitative estimate of drug-likeness (QED) is 0.858. The molecule has 0 aliphatic carbocycles. The molecular formula is C12H17N3O. The van der Waals surface area contributed by atoms with Crippen molar-refractivity contribution in [2.24, 2.45) is 5.92 Å². The molecule has 0 saturated heterocycles. The Morgan fingerprint density at radius 1 is 1.38 bits per heavy atom. The van der Waals surface area contributed by atoms with Gasteiger partial charge in [-0.15, -0.1) is 5.10 Å². The minimum atomic E-state index is -0.00759. The molecule has 0 amide bonds. The zero-order valence-corrected chi connectivity index (χ0v) is 9.88. The number of aromatic nitrogens is 3. The van der Waals surface area contributed by atoms with Gasteiger partial charge in [0.15, 0.2) is 0 Å². The lowest BCUT2D eigenvalue weighted by molar-refractivity contribution is 0.184. The molecule has 1 aromatic carbocycles. The van der Waals surface area contributed by atoms with Crippen molar-refractivity contribution in [1.29, 1.82) is 0 Å². The van der Waals surface area contributed by atoms with E-state index in [1.165, 1.54) is 5.56 Å². The fourth-order valence-electron chi connectivity index (χ4n) is 1.86. The largest absolute Gasteiger partial charge is 0.394 e. The fourth-order valence-corrected chi connectivity index (χ4v) is 1.86. The first-order valence-electron chi connectivity index (χ1n) is 5.56. The van der Waals surface area contributed by atoms with E-state index in [4.69, 9.17) is 0 Å². The number of hydrogen-bond donors (Lipinski definition) is 1. The van der Waals surface area contributed by atoms with E-state index in [1.54, 1.807) is 0 Å². The van der Waals surface area contributed by atoms with Crippen molar-refractivity contribution in [3.8, 4) is 0 Å². The maximum atomic E-state index is 9.41. The topological polar surface area (TPSA) is 50.9 Å². The van der Waals surface area contributed by atoms with Crippen LogP contribution in [-0.2, 0) is 0 Å². The zero-order chi connectivity index (χ0) is 11.7. The molecule has 1 heterocycles. The second-order valence-electron chi connectivity index (χ2n) is 4.52. The average molecular weight is 219 g/mol. The van der Waals surface area contributed by atoms with Crippen LogP contribution in [0.5, 0.6) is 0 Å². The van der Waals surface area contributed by atoms with Gasteiger partial charge >= 0.3 is 0 Å². The summed E-state index contributed by atoms with van der Waals surface area (Å²) in [7, 11) is 0. The predicted molar refractivity (Wildman–Crippen MR) is 63.2 cm³/mol. The molecule has 86 valence electrons. The fraction of sp³-hybridized carbons (Fsp3) is 0.500. The van der Waals surface area contributed by atoms with Crippen molar-refractivity contribution >= 4 is 11.0 Å². The van der Waals surface area contributed by atoms with E-state index < -0.39 is 0 Å². The number of rotatable bonds is 3. The Balaban J connectivity index is 2.55. The molecule has 0 saturated carbocycles. The van der Waals surface area contributed by atoms with Crippen molar-refractivity contribution in [3.63, 3.8) is 0 Å². The molecule has 0 spiro atoms. The highest BCUT2D eigenvalue weighted by atomic mass is 16.3. The summed E-state index contributed by atoms with van der Waals surface area (Å²) in [6, 6.07) is 6.03. The normalized spacial score (nSPS) is 13.6. The second-order valence-corrected chi connectivity index (χ2v) is 4.52. The van der Waals surface area contributed by atoms with Gasteiger partial charge in [0, 0.05) is 0 Å². The molecule has 2 rings (SSSR count). The molecule has 1 atom stereocenters. The Kier molecular flexibility index (Phi) is 2.92. The van der Waals surface area contributed by atoms with Gasteiger partial charge in [0.25, 0.3) is 0 Å². The van der Waals surface area contributed by atoms with Crippen LogP contribution in [0.25, 0.3) is 11.0 Å².